The molecule has 1 fully saturated rings. The van der Waals surface area contributed by atoms with Crippen molar-refractivity contribution in [3.05, 3.63) is 11.6 Å². The molecular formula is C12H20N4O2. The Morgan fingerprint density at radius 2 is 2.22 bits per heavy atom. The molecule has 0 saturated carbocycles. The second-order valence-electron chi connectivity index (χ2n) is 4.56. The lowest BCUT2D eigenvalue weighted by atomic mass is 9.93. The molecule has 0 spiro atoms. The topological polar surface area (TPSA) is 79.9 Å². The number of H-pyrrole nitrogens is 1. The molecule has 6 heteroatoms. The van der Waals surface area contributed by atoms with Gasteiger partial charge in [0.1, 0.15) is 5.82 Å². The van der Waals surface area contributed by atoms with Crippen LogP contribution in [-0.4, -0.2) is 40.8 Å². The van der Waals surface area contributed by atoms with E-state index in [1.165, 1.54) is 12.8 Å². The minimum atomic E-state index is -0.457. The number of nitrogens with zero attached hydrogens (tertiary/aromatic N) is 2. The number of hydrogen-bond acceptors (Lipinski definition) is 5. The van der Waals surface area contributed by atoms with Gasteiger partial charge in [-0.05, 0) is 45.2 Å². The van der Waals surface area contributed by atoms with Gasteiger partial charge in [-0.15, -0.1) is 5.10 Å². The van der Waals surface area contributed by atoms with E-state index in [4.69, 9.17) is 4.74 Å². The highest BCUT2D eigenvalue weighted by Gasteiger charge is 2.16. The van der Waals surface area contributed by atoms with Crippen molar-refractivity contribution in [2.24, 2.45) is 5.92 Å². The quantitative estimate of drug-likeness (QED) is 0.761. The van der Waals surface area contributed by atoms with Crippen LogP contribution in [0.5, 0.6) is 0 Å². The molecule has 0 aliphatic carbocycles. The number of ether oxygens (including phenoxy) is 1. The molecule has 6 nitrogen and oxygen atoms in total. The molecule has 1 aliphatic rings. The molecule has 18 heavy (non-hydrogen) atoms. The van der Waals surface area contributed by atoms with E-state index >= 15 is 0 Å². The summed E-state index contributed by atoms with van der Waals surface area (Å²) in [5.74, 6) is 1.21. The van der Waals surface area contributed by atoms with Gasteiger partial charge < -0.3 is 10.1 Å². The van der Waals surface area contributed by atoms with Crippen LogP contribution in [0.1, 0.15) is 42.6 Å². The first kappa shape index (κ1) is 13.0. The van der Waals surface area contributed by atoms with Crippen molar-refractivity contribution in [3.8, 4) is 0 Å². The highest BCUT2D eigenvalue weighted by molar-refractivity contribution is 5.84. The number of carbonyl (C=O) groups excluding carboxylic acids is 1. The molecule has 2 N–H and O–H groups in total. The van der Waals surface area contributed by atoms with Crippen LogP contribution in [-0.2, 0) is 11.2 Å². The summed E-state index contributed by atoms with van der Waals surface area (Å²) in [5, 5.41) is 10.0. The maximum atomic E-state index is 11.4. The fraction of sp³-hybridized carbons (Fsp3) is 0.750. The number of aromatic nitrogens is 3. The third-order valence-corrected chi connectivity index (χ3v) is 3.24. The minimum Gasteiger partial charge on any atom is -0.460 e. The number of rotatable bonds is 5. The maximum Gasteiger partial charge on any atom is 0.378 e. The molecule has 0 bridgehead atoms. The lowest BCUT2D eigenvalue weighted by Gasteiger charge is -2.21. The van der Waals surface area contributed by atoms with E-state index in [0.29, 0.717) is 6.61 Å². The molecule has 2 rings (SSSR count). The third-order valence-electron chi connectivity index (χ3n) is 3.24. The second kappa shape index (κ2) is 6.49. The van der Waals surface area contributed by atoms with Crippen LogP contribution in [0.4, 0.5) is 0 Å². The van der Waals surface area contributed by atoms with E-state index in [2.05, 4.69) is 20.5 Å². The van der Waals surface area contributed by atoms with Gasteiger partial charge in [0.05, 0.1) is 6.61 Å². The smallest absolute Gasteiger partial charge is 0.378 e. The summed E-state index contributed by atoms with van der Waals surface area (Å²) in [6.07, 6.45) is 4.38. The largest absolute Gasteiger partial charge is 0.460 e. The number of piperidine rings is 1. The fourth-order valence-corrected chi connectivity index (χ4v) is 2.21. The molecule has 100 valence electrons. The number of hydrogen-bond donors (Lipinski definition) is 2. The monoisotopic (exact) mass is 252 g/mol. The SMILES string of the molecule is CCOC(=O)c1n[nH]c(CCC2CCNCC2)n1. The number of aryl methyl sites for hydroxylation is 1. The number of esters is 1. The first-order valence-corrected chi connectivity index (χ1v) is 6.58. The lowest BCUT2D eigenvalue weighted by Crippen LogP contribution is -2.27. The standard InChI is InChI=1S/C12H20N4O2/c1-2-18-12(17)11-14-10(15-16-11)4-3-9-5-7-13-8-6-9/h9,13H,2-8H2,1H3,(H,14,15,16). The maximum absolute atomic E-state index is 11.4. The summed E-state index contributed by atoms with van der Waals surface area (Å²) >= 11 is 0. The molecule has 2 heterocycles. The number of nitrogens with one attached hydrogen (secondary N) is 2. The zero-order valence-electron chi connectivity index (χ0n) is 10.7. The molecule has 1 aromatic rings. The summed E-state index contributed by atoms with van der Waals surface area (Å²) in [6.45, 7) is 4.32. The Kier molecular flexibility index (Phi) is 4.69. The highest BCUT2D eigenvalue weighted by atomic mass is 16.5. The van der Waals surface area contributed by atoms with Crippen molar-refractivity contribution >= 4 is 5.97 Å². The van der Waals surface area contributed by atoms with Gasteiger partial charge in [0, 0.05) is 6.42 Å². The molecule has 0 unspecified atom stereocenters. The van der Waals surface area contributed by atoms with E-state index in [9.17, 15) is 4.79 Å². The van der Waals surface area contributed by atoms with Crippen molar-refractivity contribution in [2.75, 3.05) is 19.7 Å². The van der Waals surface area contributed by atoms with E-state index < -0.39 is 5.97 Å². The minimum absolute atomic E-state index is 0.136. The van der Waals surface area contributed by atoms with Gasteiger partial charge in [0.2, 0.25) is 0 Å². The van der Waals surface area contributed by atoms with Crippen molar-refractivity contribution in [2.45, 2.75) is 32.6 Å². The van der Waals surface area contributed by atoms with Gasteiger partial charge in [0.15, 0.2) is 0 Å². The summed E-state index contributed by atoms with van der Waals surface area (Å²) in [4.78, 5) is 15.5. The van der Waals surface area contributed by atoms with Crippen LogP contribution in [0.2, 0.25) is 0 Å². The van der Waals surface area contributed by atoms with Crippen molar-refractivity contribution in [1.29, 1.82) is 0 Å². The predicted octanol–water partition coefficient (Wildman–Crippen LogP) is 0.914. The Morgan fingerprint density at radius 3 is 2.94 bits per heavy atom. The Morgan fingerprint density at radius 1 is 1.44 bits per heavy atom. The van der Waals surface area contributed by atoms with Gasteiger partial charge in [-0.2, -0.15) is 0 Å². The van der Waals surface area contributed by atoms with E-state index in [0.717, 1.165) is 37.7 Å². The molecule has 1 aromatic heterocycles. The predicted molar refractivity (Wildman–Crippen MR) is 66.3 cm³/mol. The van der Waals surface area contributed by atoms with Crippen molar-refractivity contribution in [3.63, 3.8) is 0 Å². The van der Waals surface area contributed by atoms with E-state index in [1.807, 2.05) is 0 Å². The Balaban J connectivity index is 1.80. The fourth-order valence-electron chi connectivity index (χ4n) is 2.21. The van der Waals surface area contributed by atoms with Gasteiger partial charge in [0.25, 0.3) is 5.82 Å². The Bertz CT molecular complexity index is 385. The van der Waals surface area contributed by atoms with Gasteiger partial charge in [-0.1, -0.05) is 0 Å². The zero-order chi connectivity index (χ0) is 12.8. The van der Waals surface area contributed by atoms with Crippen LogP contribution in [0, 0.1) is 5.92 Å². The van der Waals surface area contributed by atoms with Crippen LogP contribution in [0.3, 0.4) is 0 Å². The molecule has 0 radical (unpaired) electrons. The Hall–Kier alpha value is -1.43. The van der Waals surface area contributed by atoms with Gasteiger partial charge in [-0.3, -0.25) is 5.10 Å². The highest BCUT2D eigenvalue weighted by Crippen LogP contribution is 2.17. The zero-order valence-corrected chi connectivity index (χ0v) is 10.7. The van der Waals surface area contributed by atoms with Crippen molar-refractivity contribution < 1.29 is 9.53 Å². The summed E-state index contributed by atoms with van der Waals surface area (Å²) in [6, 6.07) is 0. The molecular weight excluding hydrogens is 232 g/mol. The number of aromatic amines is 1. The molecule has 1 aliphatic heterocycles. The van der Waals surface area contributed by atoms with Crippen LogP contribution in [0.25, 0.3) is 0 Å². The summed E-state index contributed by atoms with van der Waals surface area (Å²) < 4.78 is 4.84. The van der Waals surface area contributed by atoms with Crippen LogP contribution >= 0.6 is 0 Å². The van der Waals surface area contributed by atoms with E-state index in [1.54, 1.807) is 6.92 Å². The Labute approximate surface area is 107 Å². The van der Waals surface area contributed by atoms with Gasteiger partial charge in [-0.25, -0.2) is 9.78 Å². The van der Waals surface area contributed by atoms with Gasteiger partial charge >= 0.3 is 5.97 Å². The molecule has 1 saturated heterocycles. The molecule has 0 aromatic carbocycles. The van der Waals surface area contributed by atoms with E-state index in [-0.39, 0.29) is 5.82 Å². The third kappa shape index (κ3) is 3.53. The lowest BCUT2D eigenvalue weighted by molar-refractivity contribution is 0.0512. The second-order valence-corrected chi connectivity index (χ2v) is 4.56. The van der Waals surface area contributed by atoms with Crippen LogP contribution < -0.4 is 5.32 Å². The molecule has 0 amide bonds. The first-order chi connectivity index (χ1) is 8.79. The summed E-state index contributed by atoms with van der Waals surface area (Å²) in [5.41, 5.74) is 0. The average molecular weight is 252 g/mol. The number of carbonyl (C=O) groups is 1. The first-order valence-electron chi connectivity index (χ1n) is 6.58. The van der Waals surface area contributed by atoms with Crippen molar-refractivity contribution in [1.82, 2.24) is 20.5 Å². The average Bonchev–Trinajstić information content (AvgIpc) is 2.87. The van der Waals surface area contributed by atoms with Crippen LogP contribution in [0.15, 0.2) is 0 Å². The normalized spacial score (nSPS) is 16.7. The molecule has 0 atom stereocenters. The summed E-state index contributed by atoms with van der Waals surface area (Å²) in [7, 11) is 0.